The van der Waals surface area contributed by atoms with Crippen LogP contribution in [0, 0.1) is 0 Å². The zero-order valence-electron chi connectivity index (χ0n) is 18.5. The minimum atomic E-state index is -0.569. The van der Waals surface area contributed by atoms with Gasteiger partial charge in [0, 0.05) is 36.4 Å². The van der Waals surface area contributed by atoms with E-state index in [1.54, 1.807) is 18.1 Å². The number of rotatable bonds is 7. The van der Waals surface area contributed by atoms with Crippen LogP contribution < -0.4 is 10.1 Å². The minimum Gasteiger partial charge on any atom is -0.497 e. The number of carbonyl (C=O) groups excluding carboxylic acids is 2. The van der Waals surface area contributed by atoms with Crippen molar-refractivity contribution in [2.24, 2.45) is 0 Å². The second kappa shape index (κ2) is 8.86. The molecule has 7 heteroatoms. The molecule has 0 radical (unpaired) electrons. The smallest absolute Gasteiger partial charge is 0.271 e. The van der Waals surface area contributed by atoms with E-state index in [0.29, 0.717) is 31.7 Å². The molecule has 0 saturated carbocycles. The van der Waals surface area contributed by atoms with Gasteiger partial charge in [-0.05, 0) is 47.9 Å². The predicted molar refractivity (Wildman–Crippen MR) is 126 cm³/mol. The average Bonchev–Trinajstić information content (AvgIpc) is 3.48. The fourth-order valence-corrected chi connectivity index (χ4v) is 4.46. The highest BCUT2D eigenvalue weighted by molar-refractivity contribution is 5.97. The van der Waals surface area contributed by atoms with Crippen LogP contribution in [0.5, 0.6) is 5.75 Å². The second-order valence-electron chi connectivity index (χ2n) is 8.25. The summed E-state index contributed by atoms with van der Waals surface area (Å²) in [7, 11) is 1.65. The van der Waals surface area contributed by atoms with Gasteiger partial charge in [0.05, 0.1) is 13.7 Å². The van der Waals surface area contributed by atoms with E-state index in [4.69, 9.17) is 4.74 Å². The molecule has 0 aliphatic carbocycles. The Morgan fingerprint density at radius 3 is 2.82 bits per heavy atom. The highest BCUT2D eigenvalue weighted by atomic mass is 16.5. The van der Waals surface area contributed by atoms with Crippen LogP contribution in [0.15, 0.2) is 73.1 Å². The number of aromatic amines is 1. The lowest BCUT2D eigenvalue weighted by Gasteiger charge is -2.35. The lowest BCUT2D eigenvalue weighted by molar-refractivity contribution is -0.126. The van der Waals surface area contributed by atoms with Crippen molar-refractivity contribution in [1.82, 2.24) is 19.8 Å². The van der Waals surface area contributed by atoms with Gasteiger partial charge in [-0.15, -0.1) is 0 Å². The van der Waals surface area contributed by atoms with E-state index in [1.165, 1.54) is 0 Å². The second-order valence-corrected chi connectivity index (χ2v) is 8.25. The third-order valence-corrected chi connectivity index (χ3v) is 6.22. The minimum absolute atomic E-state index is 0.126. The largest absolute Gasteiger partial charge is 0.497 e. The van der Waals surface area contributed by atoms with Gasteiger partial charge in [-0.3, -0.25) is 9.59 Å². The number of ether oxygens (including phenoxy) is 1. The molecule has 4 aromatic rings. The van der Waals surface area contributed by atoms with Crippen molar-refractivity contribution < 1.29 is 14.3 Å². The quantitative estimate of drug-likeness (QED) is 0.461. The summed E-state index contributed by atoms with van der Waals surface area (Å²) in [6.45, 7) is 1.31. The van der Waals surface area contributed by atoms with E-state index < -0.39 is 6.04 Å². The highest BCUT2D eigenvalue weighted by Crippen LogP contribution is 2.24. The van der Waals surface area contributed by atoms with Crippen LogP contribution >= 0.6 is 0 Å². The number of fused-ring (bicyclic) bond motifs is 2. The number of hydrogen-bond acceptors (Lipinski definition) is 3. The topological polar surface area (TPSA) is 79.4 Å². The zero-order valence-corrected chi connectivity index (χ0v) is 18.5. The molecule has 5 rings (SSSR count). The number of benzene rings is 2. The Morgan fingerprint density at radius 2 is 2.00 bits per heavy atom. The summed E-state index contributed by atoms with van der Waals surface area (Å²) in [5.74, 6) is 0.530. The molecular formula is C26H26N4O3. The maximum atomic E-state index is 13.2. The molecule has 0 spiro atoms. The van der Waals surface area contributed by atoms with Crippen LogP contribution in [0.4, 0.5) is 0 Å². The number of methoxy groups -OCH3 is 1. The zero-order chi connectivity index (χ0) is 22.8. The number of nitrogens with zero attached hydrogens (tertiary/aromatic N) is 2. The van der Waals surface area contributed by atoms with Crippen molar-refractivity contribution in [3.8, 4) is 5.75 Å². The van der Waals surface area contributed by atoms with Crippen LogP contribution in [-0.4, -0.2) is 46.0 Å². The maximum absolute atomic E-state index is 13.2. The van der Waals surface area contributed by atoms with Gasteiger partial charge in [0.25, 0.3) is 5.91 Å². The maximum Gasteiger partial charge on any atom is 0.271 e. The molecule has 1 atom stereocenters. The van der Waals surface area contributed by atoms with E-state index in [-0.39, 0.29) is 11.8 Å². The third kappa shape index (κ3) is 4.09. The molecular weight excluding hydrogens is 416 g/mol. The number of carbonyl (C=O) groups is 2. The van der Waals surface area contributed by atoms with Gasteiger partial charge in [-0.25, -0.2) is 0 Å². The molecule has 168 valence electrons. The first-order chi connectivity index (χ1) is 16.1. The van der Waals surface area contributed by atoms with Crippen LogP contribution in [0.3, 0.4) is 0 Å². The number of amides is 2. The Balaban J connectivity index is 1.30. The van der Waals surface area contributed by atoms with E-state index in [9.17, 15) is 9.59 Å². The molecule has 2 N–H and O–H groups in total. The summed E-state index contributed by atoms with van der Waals surface area (Å²) in [5, 5.41) is 4.13. The standard InChI is InChI=1S/C26H26N4O3/c1-33-20-9-10-22-21(14-20)19(15-28-22)11-12-27-25(31)24-17-29-13-5-8-23(29)26(32)30(24)16-18-6-3-2-4-7-18/h2-10,13-15,24,28H,11-12,16-17H2,1H3,(H,27,31). The molecule has 1 aliphatic rings. The molecule has 0 bridgehead atoms. The Labute approximate surface area is 192 Å². The van der Waals surface area contributed by atoms with Gasteiger partial charge >= 0.3 is 0 Å². The molecule has 1 unspecified atom stereocenters. The predicted octanol–water partition coefficient (Wildman–Crippen LogP) is 3.36. The monoisotopic (exact) mass is 442 g/mol. The van der Waals surface area contributed by atoms with E-state index >= 15 is 0 Å². The van der Waals surface area contributed by atoms with E-state index in [2.05, 4.69) is 10.3 Å². The van der Waals surface area contributed by atoms with Gasteiger partial charge in [-0.1, -0.05) is 30.3 Å². The summed E-state index contributed by atoms with van der Waals surface area (Å²) >= 11 is 0. The van der Waals surface area contributed by atoms with Gasteiger partial charge in [0.2, 0.25) is 5.91 Å². The normalized spacial score (nSPS) is 15.5. The first-order valence-corrected chi connectivity index (χ1v) is 11.1. The van der Waals surface area contributed by atoms with Crippen molar-refractivity contribution in [3.63, 3.8) is 0 Å². The van der Waals surface area contributed by atoms with Crippen molar-refractivity contribution in [2.75, 3.05) is 13.7 Å². The number of H-pyrrole nitrogens is 1. The third-order valence-electron chi connectivity index (χ3n) is 6.22. The fourth-order valence-electron chi connectivity index (χ4n) is 4.46. The summed E-state index contributed by atoms with van der Waals surface area (Å²) in [5.41, 5.74) is 3.75. The Hall–Kier alpha value is -4.00. The number of hydrogen-bond donors (Lipinski definition) is 2. The fraction of sp³-hybridized carbons (Fsp3) is 0.231. The molecule has 0 fully saturated rings. The van der Waals surface area contributed by atoms with Crippen molar-refractivity contribution in [1.29, 1.82) is 0 Å². The molecule has 2 aromatic heterocycles. The molecule has 0 saturated heterocycles. The van der Waals surface area contributed by atoms with Crippen molar-refractivity contribution in [2.45, 2.75) is 25.6 Å². The van der Waals surface area contributed by atoms with Gasteiger partial charge in [0.1, 0.15) is 17.5 Å². The summed E-state index contributed by atoms with van der Waals surface area (Å²) in [4.78, 5) is 31.3. The highest BCUT2D eigenvalue weighted by Gasteiger charge is 2.36. The Morgan fingerprint density at radius 1 is 1.15 bits per heavy atom. The first kappa shape index (κ1) is 20.9. The van der Waals surface area contributed by atoms with Crippen LogP contribution in [-0.2, 0) is 24.3 Å². The molecule has 2 aromatic carbocycles. The van der Waals surface area contributed by atoms with Crippen LogP contribution in [0.1, 0.15) is 21.6 Å². The number of nitrogens with one attached hydrogen (secondary N) is 2. The molecule has 3 heterocycles. The summed E-state index contributed by atoms with van der Waals surface area (Å²) in [6, 6.07) is 18.8. The lowest BCUT2D eigenvalue weighted by atomic mass is 10.1. The Bertz CT molecular complexity index is 1290. The van der Waals surface area contributed by atoms with Gasteiger partial charge < -0.3 is 24.5 Å². The SMILES string of the molecule is COc1ccc2[nH]cc(CCNC(=O)C3Cn4cccc4C(=O)N3Cc3ccccc3)c2c1. The lowest BCUT2D eigenvalue weighted by Crippen LogP contribution is -2.54. The van der Waals surface area contributed by atoms with Gasteiger partial charge in [-0.2, -0.15) is 0 Å². The number of aromatic nitrogens is 2. The summed E-state index contributed by atoms with van der Waals surface area (Å²) < 4.78 is 7.20. The van der Waals surface area contributed by atoms with Crippen LogP contribution in [0.2, 0.25) is 0 Å². The molecule has 2 amide bonds. The van der Waals surface area contributed by atoms with Crippen molar-refractivity contribution in [3.05, 3.63) is 89.9 Å². The molecule has 1 aliphatic heterocycles. The molecule has 7 nitrogen and oxygen atoms in total. The average molecular weight is 443 g/mol. The summed E-state index contributed by atoms with van der Waals surface area (Å²) in [6.07, 6.45) is 4.49. The molecule has 33 heavy (non-hydrogen) atoms. The first-order valence-electron chi connectivity index (χ1n) is 11.1. The Kier molecular flexibility index (Phi) is 5.60. The van der Waals surface area contributed by atoms with Crippen molar-refractivity contribution >= 4 is 22.7 Å². The van der Waals surface area contributed by atoms with Crippen LogP contribution in [0.25, 0.3) is 10.9 Å². The van der Waals surface area contributed by atoms with E-state index in [0.717, 1.165) is 27.8 Å². The van der Waals surface area contributed by atoms with E-state index in [1.807, 2.05) is 71.6 Å². The van der Waals surface area contributed by atoms with Gasteiger partial charge in [0.15, 0.2) is 0 Å².